The van der Waals surface area contributed by atoms with Gasteiger partial charge in [0, 0.05) is 36.8 Å². The Labute approximate surface area is 136 Å². The molecule has 2 aliphatic rings. The van der Waals surface area contributed by atoms with E-state index in [-0.39, 0.29) is 17.7 Å². The van der Waals surface area contributed by atoms with E-state index in [1.54, 1.807) is 24.8 Å². The molecule has 1 N–H and O–H groups in total. The normalized spacial score (nSPS) is 20.5. The topological polar surface area (TPSA) is 58.6 Å². The van der Waals surface area contributed by atoms with Crippen molar-refractivity contribution in [2.75, 3.05) is 19.6 Å². The van der Waals surface area contributed by atoms with Crippen molar-refractivity contribution in [1.29, 1.82) is 0 Å². The van der Waals surface area contributed by atoms with Gasteiger partial charge in [-0.3, -0.25) is 4.79 Å². The molecule has 1 saturated heterocycles. The number of halogens is 3. The van der Waals surface area contributed by atoms with Crippen LogP contribution in [0.15, 0.2) is 6.07 Å². The minimum Gasteiger partial charge on any atom is -0.419 e. The minimum absolute atomic E-state index is 0.142. The largest absolute Gasteiger partial charge is 0.491 e. The third-order valence-electron chi connectivity index (χ3n) is 4.45. The maximum atomic E-state index is 12.8. The number of benzene rings is 1. The third-order valence-corrected chi connectivity index (χ3v) is 4.45. The Morgan fingerprint density at radius 2 is 2.04 bits per heavy atom. The molecule has 0 bridgehead atoms. The number of nitrogens with zero attached hydrogens (tertiary/aromatic N) is 1. The van der Waals surface area contributed by atoms with Crippen molar-refractivity contribution in [3.05, 3.63) is 28.3 Å². The molecule has 0 aromatic heterocycles. The summed E-state index contributed by atoms with van der Waals surface area (Å²) in [5.41, 5.74) is 1.83. The molecule has 0 saturated carbocycles. The number of amides is 1. The summed E-state index contributed by atoms with van der Waals surface area (Å²) in [7, 11) is 0. The Bertz CT molecular complexity index is 715. The van der Waals surface area contributed by atoms with Crippen molar-refractivity contribution >= 4 is 11.9 Å². The van der Waals surface area contributed by atoms with Gasteiger partial charge in [-0.2, -0.15) is 13.2 Å². The van der Waals surface area contributed by atoms with E-state index in [0.29, 0.717) is 48.3 Å². The van der Waals surface area contributed by atoms with Crippen LogP contribution in [0.1, 0.15) is 27.0 Å². The van der Waals surface area contributed by atoms with Crippen molar-refractivity contribution in [3.63, 3.8) is 0 Å². The van der Waals surface area contributed by atoms with Gasteiger partial charge in [0.1, 0.15) is 5.75 Å². The molecule has 1 aromatic rings. The number of carbonyl (C=O) groups excluding carboxylic acids is 2. The number of piperazine rings is 1. The number of alkyl halides is 3. The quantitative estimate of drug-likeness (QED) is 0.624. The van der Waals surface area contributed by atoms with Crippen LogP contribution in [-0.2, 0) is 11.2 Å². The highest BCUT2D eigenvalue weighted by Gasteiger charge is 2.43. The average molecular weight is 342 g/mol. The van der Waals surface area contributed by atoms with Gasteiger partial charge in [-0.25, -0.2) is 4.79 Å². The molecule has 2 aliphatic heterocycles. The zero-order valence-corrected chi connectivity index (χ0v) is 13.3. The Hall–Kier alpha value is -2.09. The number of carbonyl (C=O) groups is 2. The van der Waals surface area contributed by atoms with E-state index >= 15 is 0 Å². The molecule has 0 radical (unpaired) electrons. The summed E-state index contributed by atoms with van der Waals surface area (Å²) in [5.74, 6) is -2.63. The van der Waals surface area contributed by atoms with E-state index in [4.69, 9.17) is 0 Å². The first-order valence-corrected chi connectivity index (χ1v) is 7.64. The predicted molar refractivity (Wildman–Crippen MR) is 79.0 cm³/mol. The Balaban J connectivity index is 2.08. The van der Waals surface area contributed by atoms with Crippen molar-refractivity contribution in [1.82, 2.24) is 10.2 Å². The molecule has 2 heterocycles. The highest BCUT2D eigenvalue weighted by molar-refractivity contribution is 6.00. The Morgan fingerprint density at radius 3 is 2.71 bits per heavy atom. The number of fused-ring (bicyclic) bond motifs is 2. The number of hydrogen-bond donors (Lipinski definition) is 1. The molecule has 1 aromatic carbocycles. The van der Waals surface area contributed by atoms with Crippen LogP contribution in [0.2, 0.25) is 0 Å². The first-order valence-electron chi connectivity index (χ1n) is 7.64. The molecule has 1 fully saturated rings. The van der Waals surface area contributed by atoms with E-state index in [1.165, 1.54) is 0 Å². The number of ether oxygens (including phenoxy) is 1. The molecule has 3 rings (SSSR count). The van der Waals surface area contributed by atoms with Crippen LogP contribution < -0.4 is 10.1 Å². The van der Waals surface area contributed by atoms with E-state index in [2.05, 4.69) is 10.1 Å². The lowest BCUT2D eigenvalue weighted by atomic mass is 9.87. The van der Waals surface area contributed by atoms with Gasteiger partial charge >= 0.3 is 12.1 Å². The molecular weight excluding hydrogens is 325 g/mol. The molecule has 8 heteroatoms. The van der Waals surface area contributed by atoms with E-state index in [9.17, 15) is 22.8 Å². The smallest absolute Gasteiger partial charge is 0.419 e. The van der Waals surface area contributed by atoms with Crippen molar-refractivity contribution in [2.24, 2.45) is 0 Å². The zero-order valence-electron chi connectivity index (χ0n) is 13.3. The molecular formula is C16H17F3N2O3. The summed E-state index contributed by atoms with van der Waals surface area (Å²) < 4.78 is 42.3. The zero-order chi connectivity index (χ0) is 17.6. The second-order valence-electron chi connectivity index (χ2n) is 6.14. The molecule has 24 heavy (non-hydrogen) atoms. The first kappa shape index (κ1) is 16.8. The van der Waals surface area contributed by atoms with Crippen molar-refractivity contribution < 1.29 is 27.5 Å². The number of rotatable bonds is 1. The van der Waals surface area contributed by atoms with Gasteiger partial charge in [-0.05, 0) is 31.4 Å². The van der Waals surface area contributed by atoms with Crippen molar-refractivity contribution in [2.45, 2.75) is 32.5 Å². The molecule has 5 nitrogen and oxygen atoms in total. The van der Waals surface area contributed by atoms with Crippen LogP contribution in [0.3, 0.4) is 0 Å². The maximum absolute atomic E-state index is 12.8. The molecule has 1 atom stereocenters. The van der Waals surface area contributed by atoms with Gasteiger partial charge in [0.25, 0.3) is 5.91 Å². The lowest BCUT2D eigenvalue weighted by Crippen LogP contribution is -2.57. The highest BCUT2D eigenvalue weighted by Crippen LogP contribution is 2.37. The third kappa shape index (κ3) is 2.75. The second-order valence-corrected chi connectivity index (χ2v) is 6.14. The van der Waals surface area contributed by atoms with Crippen LogP contribution in [0, 0.1) is 13.8 Å². The molecule has 1 amide bonds. The predicted octanol–water partition coefficient (Wildman–Crippen LogP) is 1.74. The number of aryl methyl sites for hydroxylation is 2. The van der Waals surface area contributed by atoms with Crippen LogP contribution >= 0.6 is 0 Å². The van der Waals surface area contributed by atoms with Crippen molar-refractivity contribution in [3.8, 4) is 5.75 Å². The maximum Gasteiger partial charge on any atom is 0.491 e. The van der Waals surface area contributed by atoms with E-state index in [0.717, 1.165) is 0 Å². The van der Waals surface area contributed by atoms with Gasteiger partial charge in [0.15, 0.2) is 0 Å². The van der Waals surface area contributed by atoms with E-state index < -0.39 is 12.1 Å². The average Bonchev–Trinajstić information content (AvgIpc) is 2.50. The van der Waals surface area contributed by atoms with Crippen LogP contribution in [0.25, 0.3) is 0 Å². The molecule has 130 valence electrons. The van der Waals surface area contributed by atoms with Crippen LogP contribution in [-0.4, -0.2) is 48.6 Å². The summed E-state index contributed by atoms with van der Waals surface area (Å²) in [6.07, 6.45) is -4.72. The lowest BCUT2D eigenvalue weighted by molar-refractivity contribution is -0.189. The van der Waals surface area contributed by atoms with Crippen LogP contribution in [0.4, 0.5) is 13.2 Å². The Kier molecular flexibility index (Phi) is 4.03. The summed E-state index contributed by atoms with van der Waals surface area (Å²) in [6.45, 7) is 5.10. The summed E-state index contributed by atoms with van der Waals surface area (Å²) in [5, 5.41) is 3.17. The summed E-state index contributed by atoms with van der Waals surface area (Å²) in [6, 6.07) is 1.43. The fourth-order valence-corrected chi connectivity index (χ4v) is 3.43. The molecule has 0 spiro atoms. The fourth-order valence-electron chi connectivity index (χ4n) is 3.43. The fraction of sp³-hybridized carbons (Fsp3) is 0.500. The van der Waals surface area contributed by atoms with Gasteiger partial charge in [-0.15, -0.1) is 0 Å². The molecule has 0 aliphatic carbocycles. The SMILES string of the molecule is Cc1cc(C)c2c(c1OC(=O)C(F)(F)F)CC1CNCCN1C2=O. The lowest BCUT2D eigenvalue weighted by Gasteiger charge is -2.41. The standard InChI is InChI=1S/C16H17F3N2O3/c1-8-5-9(2)13(24-15(23)16(17,18)19)11-6-10-7-20-3-4-21(10)14(22)12(8)11/h5,10,20H,3-4,6-7H2,1-2H3. The number of esters is 1. The highest BCUT2D eigenvalue weighted by atomic mass is 19.4. The van der Waals surface area contributed by atoms with Gasteiger partial charge < -0.3 is 15.0 Å². The minimum atomic E-state index is -5.08. The number of hydrogen-bond acceptors (Lipinski definition) is 4. The van der Waals surface area contributed by atoms with Gasteiger partial charge in [-0.1, -0.05) is 6.07 Å². The Morgan fingerprint density at radius 1 is 1.33 bits per heavy atom. The van der Waals surface area contributed by atoms with Crippen LogP contribution in [0.5, 0.6) is 5.75 Å². The summed E-state index contributed by atoms with van der Waals surface area (Å²) >= 11 is 0. The van der Waals surface area contributed by atoms with Gasteiger partial charge in [0.2, 0.25) is 0 Å². The van der Waals surface area contributed by atoms with Gasteiger partial charge in [0.05, 0.1) is 0 Å². The molecule has 1 unspecified atom stereocenters. The van der Waals surface area contributed by atoms with E-state index in [1.807, 2.05) is 0 Å². The summed E-state index contributed by atoms with van der Waals surface area (Å²) in [4.78, 5) is 25.8. The monoisotopic (exact) mass is 342 g/mol. The first-order chi connectivity index (χ1) is 11.2. The number of nitrogens with one attached hydrogen (secondary N) is 1. The second kappa shape index (κ2) is 5.77.